The summed E-state index contributed by atoms with van der Waals surface area (Å²) in [5.74, 6) is -0.164. The van der Waals surface area contributed by atoms with Gasteiger partial charge < -0.3 is 15.5 Å². The van der Waals surface area contributed by atoms with Gasteiger partial charge in [-0.3, -0.25) is 9.59 Å². The maximum atomic E-state index is 12.8. The minimum Gasteiger partial charge on any atom is -0.337 e. The van der Waals surface area contributed by atoms with Gasteiger partial charge >= 0.3 is 0 Å². The van der Waals surface area contributed by atoms with Gasteiger partial charge in [-0.15, -0.1) is 0 Å². The van der Waals surface area contributed by atoms with Crippen LogP contribution >= 0.6 is 12.2 Å². The minimum atomic E-state index is -0.0844. The van der Waals surface area contributed by atoms with E-state index in [9.17, 15) is 9.59 Å². The number of rotatable bonds is 10. The highest BCUT2D eigenvalue weighted by Gasteiger charge is 2.13. The molecule has 2 amide bonds. The van der Waals surface area contributed by atoms with Gasteiger partial charge in [0.15, 0.2) is 5.11 Å². The van der Waals surface area contributed by atoms with Crippen LogP contribution in [0.3, 0.4) is 0 Å². The van der Waals surface area contributed by atoms with Crippen molar-refractivity contribution in [2.45, 2.75) is 52.0 Å². The summed E-state index contributed by atoms with van der Waals surface area (Å²) in [6.07, 6.45) is 5.94. The Labute approximate surface area is 184 Å². The SMILES string of the molecule is CCCCCCCC(=O)NC(=S)Nc1cccc(C(=O)N(C)Cc2ccccc2)c1. The number of anilines is 1. The first-order chi connectivity index (χ1) is 14.5. The van der Waals surface area contributed by atoms with E-state index in [1.54, 1.807) is 30.1 Å². The van der Waals surface area contributed by atoms with Crippen LogP contribution in [0.5, 0.6) is 0 Å². The van der Waals surface area contributed by atoms with Gasteiger partial charge in [-0.1, -0.05) is 69.0 Å². The highest BCUT2D eigenvalue weighted by Crippen LogP contribution is 2.14. The van der Waals surface area contributed by atoms with Gasteiger partial charge in [0.25, 0.3) is 5.91 Å². The van der Waals surface area contributed by atoms with Crippen LogP contribution in [0, 0.1) is 0 Å². The maximum absolute atomic E-state index is 12.8. The molecule has 2 aromatic carbocycles. The molecule has 0 aliphatic rings. The van der Waals surface area contributed by atoms with Crippen molar-refractivity contribution in [2.75, 3.05) is 12.4 Å². The molecule has 30 heavy (non-hydrogen) atoms. The van der Waals surface area contributed by atoms with Crippen LogP contribution in [-0.2, 0) is 11.3 Å². The number of unbranched alkanes of at least 4 members (excludes halogenated alkanes) is 4. The summed E-state index contributed by atoms with van der Waals surface area (Å²) in [4.78, 5) is 26.4. The zero-order valence-corrected chi connectivity index (χ0v) is 18.6. The van der Waals surface area contributed by atoms with Crippen molar-refractivity contribution < 1.29 is 9.59 Å². The molecule has 5 nitrogen and oxygen atoms in total. The Hall–Kier alpha value is -2.73. The van der Waals surface area contributed by atoms with Crippen molar-refractivity contribution in [3.63, 3.8) is 0 Å². The third kappa shape index (κ3) is 8.33. The Bertz CT molecular complexity index is 839. The first-order valence-electron chi connectivity index (χ1n) is 10.5. The van der Waals surface area contributed by atoms with E-state index in [0.717, 1.165) is 24.8 Å². The van der Waals surface area contributed by atoms with Crippen LogP contribution in [-0.4, -0.2) is 28.9 Å². The molecule has 0 atom stereocenters. The molecule has 0 saturated carbocycles. The van der Waals surface area contributed by atoms with Crippen molar-refractivity contribution in [3.05, 3.63) is 65.7 Å². The first-order valence-corrected chi connectivity index (χ1v) is 10.9. The van der Waals surface area contributed by atoms with Gasteiger partial charge in [-0.2, -0.15) is 0 Å². The third-order valence-corrected chi connectivity index (χ3v) is 4.94. The number of nitrogens with zero attached hydrogens (tertiary/aromatic N) is 1. The molecule has 0 unspecified atom stereocenters. The lowest BCUT2D eigenvalue weighted by Gasteiger charge is -2.18. The van der Waals surface area contributed by atoms with Gasteiger partial charge in [0.2, 0.25) is 5.91 Å². The van der Waals surface area contributed by atoms with E-state index < -0.39 is 0 Å². The molecule has 0 fully saturated rings. The van der Waals surface area contributed by atoms with Crippen LogP contribution in [0.1, 0.15) is 61.4 Å². The van der Waals surface area contributed by atoms with E-state index in [-0.39, 0.29) is 16.9 Å². The van der Waals surface area contributed by atoms with E-state index in [2.05, 4.69) is 17.6 Å². The number of amides is 2. The van der Waals surface area contributed by atoms with Crippen molar-refractivity contribution in [1.82, 2.24) is 10.2 Å². The Morgan fingerprint density at radius 3 is 2.43 bits per heavy atom. The lowest BCUT2D eigenvalue weighted by molar-refractivity contribution is -0.119. The van der Waals surface area contributed by atoms with Crippen molar-refractivity contribution >= 4 is 34.8 Å². The fourth-order valence-corrected chi connectivity index (χ4v) is 3.35. The first kappa shape index (κ1) is 23.5. The van der Waals surface area contributed by atoms with Gasteiger partial charge in [-0.05, 0) is 42.4 Å². The van der Waals surface area contributed by atoms with Gasteiger partial charge in [0.1, 0.15) is 0 Å². The number of nitrogens with one attached hydrogen (secondary N) is 2. The standard InChI is InChI=1S/C24H31N3O2S/c1-3-4-5-6-10-16-22(28)26-24(30)25-21-15-11-14-20(17-21)23(29)27(2)18-19-12-8-7-9-13-19/h7-9,11-15,17H,3-6,10,16,18H2,1-2H3,(H2,25,26,28,30). The second kappa shape index (κ2) is 12.8. The average molecular weight is 426 g/mol. The Balaban J connectivity index is 1.84. The number of carbonyl (C=O) groups excluding carboxylic acids is 2. The van der Waals surface area contributed by atoms with Gasteiger partial charge in [-0.25, -0.2) is 0 Å². The lowest BCUT2D eigenvalue weighted by atomic mass is 10.1. The zero-order valence-electron chi connectivity index (χ0n) is 17.8. The van der Waals surface area contributed by atoms with E-state index in [1.807, 2.05) is 36.4 Å². The summed E-state index contributed by atoms with van der Waals surface area (Å²) in [6, 6.07) is 17.0. The molecular formula is C24H31N3O2S. The Morgan fingerprint density at radius 2 is 1.70 bits per heavy atom. The van der Waals surface area contributed by atoms with Gasteiger partial charge in [0.05, 0.1) is 0 Å². The van der Waals surface area contributed by atoms with Crippen LogP contribution < -0.4 is 10.6 Å². The molecule has 6 heteroatoms. The van der Waals surface area contributed by atoms with Crippen LogP contribution in [0.25, 0.3) is 0 Å². The van der Waals surface area contributed by atoms with Crippen molar-refractivity contribution in [2.24, 2.45) is 0 Å². The van der Waals surface area contributed by atoms with Gasteiger partial charge in [0, 0.05) is 31.3 Å². The molecule has 0 spiro atoms. The largest absolute Gasteiger partial charge is 0.337 e. The topological polar surface area (TPSA) is 61.4 Å². The third-order valence-electron chi connectivity index (χ3n) is 4.74. The fraction of sp³-hybridized carbons (Fsp3) is 0.375. The maximum Gasteiger partial charge on any atom is 0.253 e. The number of hydrogen-bond donors (Lipinski definition) is 2. The predicted molar refractivity (Wildman–Crippen MR) is 126 cm³/mol. The molecule has 0 aromatic heterocycles. The summed E-state index contributed by atoms with van der Waals surface area (Å²) in [5, 5.41) is 5.95. The van der Waals surface area contributed by atoms with E-state index in [0.29, 0.717) is 24.2 Å². The summed E-state index contributed by atoms with van der Waals surface area (Å²) in [6.45, 7) is 2.70. The Morgan fingerprint density at radius 1 is 0.967 bits per heavy atom. The zero-order chi connectivity index (χ0) is 21.8. The molecule has 0 bridgehead atoms. The molecular weight excluding hydrogens is 394 g/mol. The number of hydrogen-bond acceptors (Lipinski definition) is 3. The molecule has 0 heterocycles. The number of benzene rings is 2. The normalized spacial score (nSPS) is 10.3. The Kier molecular flexibility index (Phi) is 10.0. The summed E-state index contributed by atoms with van der Waals surface area (Å²) < 4.78 is 0. The highest BCUT2D eigenvalue weighted by molar-refractivity contribution is 7.80. The van der Waals surface area contributed by atoms with Crippen molar-refractivity contribution in [3.8, 4) is 0 Å². The number of thiocarbonyl (C=S) groups is 1. The van der Waals surface area contributed by atoms with Crippen LogP contribution in [0.15, 0.2) is 54.6 Å². The van der Waals surface area contributed by atoms with E-state index >= 15 is 0 Å². The molecule has 0 saturated heterocycles. The average Bonchev–Trinajstić information content (AvgIpc) is 2.73. The summed E-state index contributed by atoms with van der Waals surface area (Å²) in [7, 11) is 1.78. The minimum absolute atomic E-state index is 0.0791. The predicted octanol–water partition coefficient (Wildman–Crippen LogP) is 5.13. The van der Waals surface area contributed by atoms with E-state index in [1.165, 1.54) is 12.8 Å². The molecule has 160 valence electrons. The molecule has 0 aliphatic heterocycles. The highest BCUT2D eigenvalue weighted by atomic mass is 32.1. The molecule has 2 rings (SSSR count). The van der Waals surface area contributed by atoms with Crippen LogP contribution in [0.2, 0.25) is 0 Å². The molecule has 0 aliphatic carbocycles. The molecule has 2 aromatic rings. The lowest BCUT2D eigenvalue weighted by Crippen LogP contribution is -2.34. The monoisotopic (exact) mass is 425 g/mol. The quantitative estimate of drug-likeness (QED) is 0.409. The van der Waals surface area contributed by atoms with Crippen molar-refractivity contribution in [1.29, 1.82) is 0 Å². The number of carbonyl (C=O) groups is 2. The summed E-state index contributed by atoms with van der Waals surface area (Å²) in [5.41, 5.74) is 2.30. The fourth-order valence-electron chi connectivity index (χ4n) is 3.12. The van der Waals surface area contributed by atoms with Crippen LogP contribution in [0.4, 0.5) is 5.69 Å². The summed E-state index contributed by atoms with van der Waals surface area (Å²) >= 11 is 5.24. The molecule has 0 radical (unpaired) electrons. The van der Waals surface area contributed by atoms with E-state index in [4.69, 9.17) is 12.2 Å². The molecule has 2 N–H and O–H groups in total. The second-order valence-electron chi connectivity index (χ2n) is 7.39. The second-order valence-corrected chi connectivity index (χ2v) is 7.80. The smallest absolute Gasteiger partial charge is 0.253 e.